The van der Waals surface area contributed by atoms with Crippen LogP contribution < -0.4 is 9.46 Å². The van der Waals surface area contributed by atoms with Crippen LogP contribution in [0.1, 0.15) is 60.0 Å². The van der Waals surface area contributed by atoms with Crippen LogP contribution in [-0.4, -0.2) is 51.2 Å². The van der Waals surface area contributed by atoms with Gasteiger partial charge in [-0.1, -0.05) is 23.2 Å². The maximum absolute atomic E-state index is 14.8. The van der Waals surface area contributed by atoms with Gasteiger partial charge in [-0.3, -0.25) is 9.69 Å². The van der Waals surface area contributed by atoms with Crippen molar-refractivity contribution in [3.05, 3.63) is 62.9 Å². The summed E-state index contributed by atoms with van der Waals surface area (Å²) in [5.41, 5.74) is 1.57. The topological polar surface area (TPSA) is 75.7 Å². The standard InChI is InChI=1S/C26H31Cl2FN2O4S/c1-16(8-18-9-20(27)11-21(28)10-18)31-7-3-4-17(14-31)15-35-25-13-24(29)23(12-22(25)19-5-6-19)26(32)30-36(2,33)34/h9-13,16-17,19H,3-8,14-15H2,1-2H3,(H,30,32)/t16-,17+/m1/s1. The lowest BCUT2D eigenvalue weighted by Crippen LogP contribution is -2.43. The van der Waals surface area contributed by atoms with Crippen molar-refractivity contribution < 1.29 is 22.3 Å². The van der Waals surface area contributed by atoms with Crippen molar-refractivity contribution in [2.24, 2.45) is 5.92 Å². The van der Waals surface area contributed by atoms with E-state index in [9.17, 15) is 17.6 Å². The highest BCUT2D eigenvalue weighted by Crippen LogP contribution is 2.45. The van der Waals surface area contributed by atoms with Gasteiger partial charge in [-0.2, -0.15) is 0 Å². The minimum absolute atomic E-state index is 0.192. The van der Waals surface area contributed by atoms with Crippen molar-refractivity contribution >= 4 is 39.1 Å². The third-order valence-corrected chi connectivity index (χ3v) is 7.73. The molecular formula is C26H31Cl2FN2O4S. The van der Waals surface area contributed by atoms with Gasteiger partial charge in [0.1, 0.15) is 11.6 Å². The number of sulfonamides is 1. The Morgan fingerprint density at radius 2 is 1.86 bits per heavy atom. The summed E-state index contributed by atoms with van der Waals surface area (Å²) in [5, 5.41) is 1.27. The molecule has 2 aromatic rings. The predicted molar refractivity (Wildman–Crippen MR) is 140 cm³/mol. The number of rotatable bonds is 9. The maximum atomic E-state index is 14.8. The fourth-order valence-corrected chi connectivity index (χ4v) is 5.87. The van der Waals surface area contributed by atoms with Crippen LogP contribution in [0.4, 0.5) is 4.39 Å². The second-order valence-electron chi connectivity index (χ2n) is 9.99. The summed E-state index contributed by atoms with van der Waals surface area (Å²) in [5.74, 6) is -0.856. The first-order valence-electron chi connectivity index (χ1n) is 12.2. The fourth-order valence-electron chi connectivity index (χ4n) is 4.85. The van der Waals surface area contributed by atoms with Gasteiger partial charge in [0, 0.05) is 34.6 Å². The zero-order valence-electron chi connectivity index (χ0n) is 20.4. The Morgan fingerprint density at radius 3 is 2.50 bits per heavy atom. The molecule has 4 rings (SSSR count). The van der Waals surface area contributed by atoms with Crippen LogP contribution in [0.5, 0.6) is 5.75 Å². The molecule has 1 saturated carbocycles. The second kappa shape index (κ2) is 11.3. The minimum atomic E-state index is -3.79. The summed E-state index contributed by atoms with van der Waals surface area (Å²) in [6.07, 6.45) is 5.61. The lowest BCUT2D eigenvalue weighted by molar-refractivity contribution is 0.0976. The van der Waals surface area contributed by atoms with Gasteiger partial charge >= 0.3 is 0 Å². The molecule has 0 spiro atoms. The molecule has 1 aliphatic heterocycles. The molecule has 1 amide bonds. The van der Waals surface area contributed by atoms with E-state index in [2.05, 4.69) is 11.8 Å². The molecule has 1 N–H and O–H groups in total. The molecule has 2 atom stereocenters. The normalized spacial score (nSPS) is 19.6. The van der Waals surface area contributed by atoms with Gasteiger partial charge in [0.2, 0.25) is 10.0 Å². The zero-order valence-corrected chi connectivity index (χ0v) is 22.7. The molecule has 2 fully saturated rings. The summed E-state index contributed by atoms with van der Waals surface area (Å²) in [4.78, 5) is 14.7. The Kier molecular flexibility index (Phi) is 8.49. The molecule has 1 saturated heterocycles. The lowest BCUT2D eigenvalue weighted by Gasteiger charge is -2.37. The molecule has 6 nitrogen and oxygen atoms in total. The first kappa shape index (κ1) is 27.2. The number of carbonyl (C=O) groups is 1. The molecule has 10 heteroatoms. The summed E-state index contributed by atoms with van der Waals surface area (Å²) < 4.78 is 45.6. The lowest BCUT2D eigenvalue weighted by atomic mass is 9.96. The molecule has 1 heterocycles. The third-order valence-electron chi connectivity index (χ3n) is 6.74. The van der Waals surface area contributed by atoms with E-state index < -0.39 is 21.7 Å². The largest absolute Gasteiger partial charge is 0.493 e. The number of likely N-dealkylation sites (tertiary alicyclic amines) is 1. The summed E-state index contributed by atoms with van der Waals surface area (Å²) in [6.45, 7) is 4.50. The fraction of sp³-hybridized carbons (Fsp3) is 0.500. The number of amides is 1. The highest BCUT2D eigenvalue weighted by atomic mass is 35.5. The van der Waals surface area contributed by atoms with Crippen molar-refractivity contribution in [2.45, 2.75) is 51.0 Å². The Balaban J connectivity index is 1.40. The molecular weight excluding hydrogens is 526 g/mol. The number of carbonyl (C=O) groups excluding carboxylic acids is 1. The molecule has 1 aliphatic carbocycles. The van der Waals surface area contributed by atoms with Gasteiger partial charge in [-0.05, 0) is 86.9 Å². The molecule has 2 aromatic carbocycles. The number of halogens is 3. The number of nitrogens with one attached hydrogen (secondary N) is 1. The molecule has 2 aliphatic rings. The van der Waals surface area contributed by atoms with Crippen LogP contribution in [0.25, 0.3) is 0 Å². The quantitative estimate of drug-likeness (QED) is 0.446. The Labute approximate surface area is 222 Å². The van der Waals surface area contributed by atoms with Crippen LogP contribution >= 0.6 is 23.2 Å². The Morgan fingerprint density at radius 1 is 1.17 bits per heavy atom. The van der Waals surface area contributed by atoms with Gasteiger partial charge < -0.3 is 4.74 Å². The molecule has 0 aromatic heterocycles. The molecule has 36 heavy (non-hydrogen) atoms. The van der Waals surface area contributed by atoms with Crippen molar-refractivity contribution in [1.29, 1.82) is 0 Å². The molecule has 0 radical (unpaired) electrons. The number of ether oxygens (including phenoxy) is 1. The van der Waals surface area contributed by atoms with Gasteiger partial charge in [-0.15, -0.1) is 0 Å². The molecule has 196 valence electrons. The summed E-state index contributed by atoms with van der Waals surface area (Å²) in [6, 6.07) is 8.58. The van der Waals surface area contributed by atoms with E-state index in [1.165, 1.54) is 12.1 Å². The van der Waals surface area contributed by atoms with Crippen LogP contribution in [0.3, 0.4) is 0 Å². The monoisotopic (exact) mass is 556 g/mol. The van der Waals surface area contributed by atoms with Gasteiger partial charge in [-0.25, -0.2) is 17.5 Å². The minimum Gasteiger partial charge on any atom is -0.493 e. The first-order chi connectivity index (χ1) is 17.0. The van der Waals surface area contributed by atoms with Crippen molar-refractivity contribution in [3.8, 4) is 5.75 Å². The van der Waals surface area contributed by atoms with Crippen molar-refractivity contribution in [3.63, 3.8) is 0 Å². The summed E-state index contributed by atoms with van der Waals surface area (Å²) >= 11 is 12.3. The van der Waals surface area contributed by atoms with Gasteiger partial charge in [0.15, 0.2) is 0 Å². The van der Waals surface area contributed by atoms with E-state index in [0.29, 0.717) is 28.4 Å². The Hall–Kier alpha value is -1.87. The molecule has 0 unspecified atom stereocenters. The van der Waals surface area contributed by atoms with Gasteiger partial charge in [0.25, 0.3) is 5.91 Å². The van der Waals surface area contributed by atoms with E-state index in [0.717, 1.165) is 62.6 Å². The van der Waals surface area contributed by atoms with Crippen molar-refractivity contribution in [1.82, 2.24) is 9.62 Å². The smallest absolute Gasteiger partial charge is 0.267 e. The van der Waals surface area contributed by atoms with E-state index in [1.807, 2.05) is 16.9 Å². The first-order valence-corrected chi connectivity index (χ1v) is 14.8. The van der Waals surface area contributed by atoms with Gasteiger partial charge in [0.05, 0.1) is 18.4 Å². The SMILES string of the molecule is C[C@H](Cc1cc(Cl)cc(Cl)c1)N1CCC[C@H](COc2cc(F)c(C(=O)NS(C)(=O)=O)cc2C2CC2)C1. The van der Waals surface area contributed by atoms with Crippen LogP contribution in [0, 0.1) is 11.7 Å². The zero-order chi connectivity index (χ0) is 26.0. The summed E-state index contributed by atoms with van der Waals surface area (Å²) in [7, 11) is -3.79. The average molecular weight is 558 g/mol. The van der Waals surface area contributed by atoms with E-state index in [4.69, 9.17) is 27.9 Å². The van der Waals surface area contributed by atoms with Crippen LogP contribution in [-0.2, 0) is 16.4 Å². The Bertz CT molecular complexity index is 1220. The molecule has 0 bridgehead atoms. The van der Waals surface area contributed by atoms with Crippen LogP contribution in [0.2, 0.25) is 10.0 Å². The number of benzene rings is 2. The van der Waals surface area contributed by atoms with E-state index in [1.54, 1.807) is 6.07 Å². The average Bonchev–Trinajstić information content (AvgIpc) is 3.61. The third kappa shape index (κ3) is 7.34. The second-order valence-corrected chi connectivity index (χ2v) is 12.6. The maximum Gasteiger partial charge on any atom is 0.267 e. The predicted octanol–water partition coefficient (Wildman–Crippen LogP) is 5.42. The number of hydrogen-bond acceptors (Lipinski definition) is 5. The van der Waals surface area contributed by atoms with Crippen LogP contribution in [0.15, 0.2) is 30.3 Å². The number of piperidine rings is 1. The number of hydrogen-bond donors (Lipinski definition) is 1. The highest BCUT2D eigenvalue weighted by Gasteiger charge is 2.31. The highest BCUT2D eigenvalue weighted by molar-refractivity contribution is 7.89. The van der Waals surface area contributed by atoms with E-state index >= 15 is 0 Å². The number of nitrogens with zero attached hydrogens (tertiary/aromatic N) is 1. The van der Waals surface area contributed by atoms with Crippen molar-refractivity contribution in [2.75, 3.05) is 26.0 Å². The van der Waals surface area contributed by atoms with E-state index in [-0.39, 0.29) is 17.4 Å².